The van der Waals surface area contributed by atoms with Crippen LogP contribution in [0, 0.1) is 5.92 Å². The molecule has 0 saturated carbocycles. The van der Waals surface area contributed by atoms with Crippen LogP contribution in [-0.2, 0) is 11.3 Å². The van der Waals surface area contributed by atoms with Gasteiger partial charge in [0.1, 0.15) is 0 Å². The summed E-state index contributed by atoms with van der Waals surface area (Å²) in [5.41, 5.74) is 1.59. The summed E-state index contributed by atoms with van der Waals surface area (Å²) in [6.45, 7) is 9.32. The number of nitrogens with zero attached hydrogens (tertiary/aromatic N) is 3. The Balaban J connectivity index is 1.21. The number of piperidine rings is 1. The van der Waals surface area contributed by atoms with Crippen molar-refractivity contribution in [2.24, 2.45) is 5.92 Å². The third kappa shape index (κ3) is 4.19. The lowest BCUT2D eigenvalue weighted by Crippen LogP contribution is -2.43. The third-order valence-corrected chi connectivity index (χ3v) is 5.76. The van der Waals surface area contributed by atoms with Gasteiger partial charge in [0.05, 0.1) is 18.7 Å². The van der Waals surface area contributed by atoms with Crippen LogP contribution in [0.4, 0.5) is 0 Å². The van der Waals surface area contributed by atoms with E-state index in [-0.39, 0.29) is 5.76 Å². The quantitative estimate of drug-likeness (QED) is 0.790. The minimum atomic E-state index is -0.240. The van der Waals surface area contributed by atoms with E-state index in [1.54, 1.807) is 4.57 Å². The van der Waals surface area contributed by atoms with Gasteiger partial charge in [-0.15, -0.1) is 0 Å². The Morgan fingerprint density at radius 2 is 1.73 bits per heavy atom. The van der Waals surface area contributed by atoms with Gasteiger partial charge < -0.3 is 14.1 Å². The second kappa shape index (κ2) is 8.37. The molecular formula is C20H29N3O3. The fraction of sp³-hybridized carbons (Fsp3) is 0.650. The zero-order valence-corrected chi connectivity index (χ0v) is 15.4. The van der Waals surface area contributed by atoms with Gasteiger partial charge in [-0.05, 0) is 56.9 Å². The maximum Gasteiger partial charge on any atom is 0.419 e. The van der Waals surface area contributed by atoms with E-state index in [9.17, 15) is 4.79 Å². The molecule has 0 amide bonds. The first-order chi connectivity index (χ1) is 12.8. The Hall–Kier alpha value is -1.63. The molecule has 2 aliphatic heterocycles. The molecule has 1 aromatic carbocycles. The van der Waals surface area contributed by atoms with Gasteiger partial charge in [0, 0.05) is 26.2 Å². The van der Waals surface area contributed by atoms with E-state index in [1.165, 1.54) is 32.5 Å². The van der Waals surface area contributed by atoms with Crippen molar-refractivity contribution in [3.8, 4) is 0 Å². The van der Waals surface area contributed by atoms with Crippen molar-refractivity contribution in [3.05, 3.63) is 34.8 Å². The molecule has 0 unspecified atom stereocenters. The van der Waals surface area contributed by atoms with Crippen LogP contribution in [-0.4, -0.2) is 66.8 Å². The molecule has 2 saturated heterocycles. The number of para-hydroxylation sites is 2. The van der Waals surface area contributed by atoms with Gasteiger partial charge in [-0.25, -0.2) is 4.79 Å². The lowest BCUT2D eigenvalue weighted by molar-refractivity contribution is 0.0244. The predicted octanol–water partition coefficient (Wildman–Crippen LogP) is 2.03. The van der Waals surface area contributed by atoms with Gasteiger partial charge in [-0.2, -0.15) is 0 Å². The lowest BCUT2D eigenvalue weighted by Gasteiger charge is -2.36. The molecule has 0 aliphatic carbocycles. The second-order valence-electron chi connectivity index (χ2n) is 7.54. The second-order valence-corrected chi connectivity index (χ2v) is 7.54. The number of fused-ring (bicyclic) bond motifs is 1. The predicted molar refractivity (Wildman–Crippen MR) is 102 cm³/mol. The topological polar surface area (TPSA) is 50.9 Å². The van der Waals surface area contributed by atoms with Crippen molar-refractivity contribution in [2.75, 3.05) is 52.5 Å². The maximum absolute atomic E-state index is 12.0. The minimum Gasteiger partial charge on any atom is -0.408 e. The van der Waals surface area contributed by atoms with E-state index >= 15 is 0 Å². The number of ether oxygens (including phenoxy) is 1. The Kier molecular flexibility index (Phi) is 5.72. The molecule has 142 valence electrons. The van der Waals surface area contributed by atoms with Crippen molar-refractivity contribution < 1.29 is 9.15 Å². The van der Waals surface area contributed by atoms with Crippen LogP contribution in [0.25, 0.3) is 11.1 Å². The van der Waals surface area contributed by atoms with Crippen LogP contribution in [0.15, 0.2) is 33.5 Å². The smallest absolute Gasteiger partial charge is 0.408 e. The summed E-state index contributed by atoms with van der Waals surface area (Å²) in [5, 5.41) is 0. The summed E-state index contributed by atoms with van der Waals surface area (Å²) >= 11 is 0. The summed E-state index contributed by atoms with van der Waals surface area (Å²) in [6, 6.07) is 7.66. The van der Waals surface area contributed by atoms with Crippen LogP contribution in [0.5, 0.6) is 0 Å². The van der Waals surface area contributed by atoms with Crippen molar-refractivity contribution in [1.29, 1.82) is 0 Å². The molecule has 0 spiro atoms. The molecule has 0 atom stereocenters. The summed E-state index contributed by atoms with van der Waals surface area (Å²) < 4.78 is 12.5. The van der Waals surface area contributed by atoms with Crippen molar-refractivity contribution in [2.45, 2.75) is 25.8 Å². The number of oxazole rings is 1. The summed E-state index contributed by atoms with van der Waals surface area (Å²) in [7, 11) is 0. The average Bonchev–Trinajstić information content (AvgIpc) is 2.99. The number of hydrogen-bond donors (Lipinski definition) is 0. The zero-order valence-electron chi connectivity index (χ0n) is 15.4. The first-order valence-electron chi connectivity index (χ1n) is 9.90. The van der Waals surface area contributed by atoms with Crippen molar-refractivity contribution in [1.82, 2.24) is 14.4 Å². The monoisotopic (exact) mass is 359 g/mol. The van der Waals surface area contributed by atoms with Gasteiger partial charge in [-0.1, -0.05) is 12.1 Å². The van der Waals surface area contributed by atoms with E-state index in [4.69, 9.17) is 9.15 Å². The molecule has 0 radical (unpaired) electrons. The van der Waals surface area contributed by atoms with E-state index in [0.717, 1.165) is 57.2 Å². The largest absolute Gasteiger partial charge is 0.419 e. The van der Waals surface area contributed by atoms with Crippen LogP contribution in [0.2, 0.25) is 0 Å². The average molecular weight is 359 g/mol. The highest BCUT2D eigenvalue weighted by atomic mass is 16.5. The van der Waals surface area contributed by atoms with Crippen LogP contribution in [0.3, 0.4) is 0 Å². The van der Waals surface area contributed by atoms with Crippen LogP contribution in [0.1, 0.15) is 19.3 Å². The van der Waals surface area contributed by atoms with Gasteiger partial charge in [0.2, 0.25) is 0 Å². The summed E-state index contributed by atoms with van der Waals surface area (Å²) in [4.78, 5) is 17.1. The first kappa shape index (κ1) is 17.8. The molecular weight excluding hydrogens is 330 g/mol. The molecule has 0 bridgehead atoms. The Morgan fingerprint density at radius 3 is 2.54 bits per heavy atom. The summed E-state index contributed by atoms with van der Waals surface area (Å²) in [6.07, 6.45) is 3.55. The molecule has 1 aromatic heterocycles. The molecule has 26 heavy (non-hydrogen) atoms. The first-order valence-corrected chi connectivity index (χ1v) is 9.90. The number of aromatic nitrogens is 1. The van der Waals surface area contributed by atoms with E-state index in [1.807, 2.05) is 24.3 Å². The van der Waals surface area contributed by atoms with E-state index in [0.29, 0.717) is 5.58 Å². The Morgan fingerprint density at radius 1 is 0.962 bits per heavy atom. The maximum atomic E-state index is 12.0. The van der Waals surface area contributed by atoms with E-state index < -0.39 is 0 Å². The molecule has 4 rings (SSSR count). The number of likely N-dealkylation sites (tertiary alicyclic amines) is 1. The standard InChI is InChI=1S/C20H29N3O3/c24-20-23(18-4-1-2-5-19(18)26-20)9-3-8-21-10-6-17(7-11-21)16-22-12-14-25-15-13-22/h1-2,4-5,17H,3,6-16H2. The lowest BCUT2D eigenvalue weighted by atomic mass is 9.96. The fourth-order valence-electron chi connectivity index (χ4n) is 4.22. The Bertz CT molecular complexity index is 755. The number of rotatable bonds is 6. The normalized spacial score (nSPS) is 20.8. The number of morpholine rings is 1. The number of aryl methyl sites for hydroxylation is 1. The fourth-order valence-corrected chi connectivity index (χ4v) is 4.22. The van der Waals surface area contributed by atoms with Gasteiger partial charge in [-0.3, -0.25) is 9.47 Å². The van der Waals surface area contributed by atoms with Gasteiger partial charge in [0.25, 0.3) is 0 Å². The molecule has 2 aliphatic rings. The molecule has 0 N–H and O–H groups in total. The SMILES string of the molecule is O=c1oc2ccccc2n1CCCN1CCC(CN2CCOCC2)CC1. The molecule has 2 fully saturated rings. The highest BCUT2D eigenvalue weighted by Crippen LogP contribution is 2.19. The molecule has 6 heteroatoms. The molecule has 6 nitrogen and oxygen atoms in total. The highest BCUT2D eigenvalue weighted by Gasteiger charge is 2.22. The molecule has 2 aromatic rings. The Labute approximate surface area is 154 Å². The zero-order chi connectivity index (χ0) is 17.8. The third-order valence-electron chi connectivity index (χ3n) is 5.76. The van der Waals surface area contributed by atoms with Crippen molar-refractivity contribution >= 4 is 11.1 Å². The van der Waals surface area contributed by atoms with Gasteiger partial charge >= 0.3 is 5.76 Å². The summed E-state index contributed by atoms with van der Waals surface area (Å²) in [5.74, 6) is 0.584. The minimum absolute atomic E-state index is 0.240. The number of benzene rings is 1. The van der Waals surface area contributed by atoms with Crippen molar-refractivity contribution in [3.63, 3.8) is 0 Å². The van der Waals surface area contributed by atoms with Gasteiger partial charge in [0.15, 0.2) is 5.58 Å². The highest BCUT2D eigenvalue weighted by molar-refractivity contribution is 5.72. The van der Waals surface area contributed by atoms with Crippen LogP contribution >= 0.6 is 0 Å². The van der Waals surface area contributed by atoms with E-state index in [2.05, 4.69) is 9.80 Å². The van der Waals surface area contributed by atoms with Crippen LogP contribution < -0.4 is 5.76 Å². The number of hydrogen-bond acceptors (Lipinski definition) is 5. The molecule has 3 heterocycles.